The molecule has 5 nitrogen and oxygen atoms in total. The molecule has 0 bridgehead atoms. The number of amides is 1. The van der Waals surface area contributed by atoms with E-state index in [0.717, 1.165) is 33.0 Å². The van der Waals surface area contributed by atoms with Crippen LogP contribution in [0, 0.1) is 5.82 Å². The van der Waals surface area contributed by atoms with E-state index in [0.29, 0.717) is 10.7 Å². The molecule has 0 radical (unpaired) electrons. The largest absolute Gasteiger partial charge is 0.324 e. The lowest BCUT2D eigenvalue weighted by Crippen LogP contribution is -2.35. The Morgan fingerprint density at radius 2 is 1.88 bits per heavy atom. The minimum absolute atomic E-state index is 0.0964. The summed E-state index contributed by atoms with van der Waals surface area (Å²) in [5.41, 5.74) is 0.373. The number of nitrogens with zero attached hydrogens (tertiary/aromatic N) is 1. The molecule has 9 heteroatoms. The summed E-state index contributed by atoms with van der Waals surface area (Å²) in [5, 5.41) is 2.86. The van der Waals surface area contributed by atoms with Gasteiger partial charge in [0.25, 0.3) is 0 Å². The number of halogens is 3. The van der Waals surface area contributed by atoms with Crippen molar-refractivity contribution in [3.05, 3.63) is 57.8 Å². The number of carbonyl (C=O) groups excluding carboxylic acids is 1. The second kappa shape index (κ2) is 7.60. The molecular formula is C15H13BrClFN2O3S. The predicted octanol–water partition coefficient (Wildman–Crippen LogP) is 3.50. The molecule has 2 aromatic rings. The van der Waals surface area contributed by atoms with Crippen molar-refractivity contribution in [3.8, 4) is 0 Å². The van der Waals surface area contributed by atoms with Crippen molar-refractivity contribution in [1.82, 2.24) is 4.31 Å². The first-order valence-electron chi connectivity index (χ1n) is 6.67. The summed E-state index contributed by atoms with van der Waals surface area (Å²) in [6, 6.07) is 9.27. The van der Waals surface area contributed by atoms with E-state index in [4.69, 9.17) is 11.6 Å². The average Bonchev–Trinajstić information content (AvgIpc) is 2.50. The van der Waals surface area contributed by atoms with Gasteiger partial charge < -0.3 is 5.32 Å². The third-order valence-corrected chi connectivity index (χ3v) is 5.72. The van der Waals surface area contributed by atoms with Crippen LogP contribution < -0.4 is 5.32 Å². The van der Waals surface area contributed by atoms with E-state index in [1.807, 2.05) is 0 Å². The molecule has 0 spiro atoms. The van der Waals surface area contributed by atoms with Crippen LogP contribution >= 0.6 is 27.5 Å². The maximum absolute atomic E-state index is 12.9. The molecule has 2 rings (SSSR count). The van der Waals surface area contributed by atoms with Crippen LogP contribution in [0.15, 0.2) is 51.8 Å². The minimum atomic E-state index is -3.89. The highest BCUT2D eigenvalue weighted by Crippen LogP contribution is 2.25. The maximum Gasteiger partial charge on any atom is 0.243 e. The molecule has 128 valence electrons. The smallest absolute Gasteiger partial charge is 0.243 e. The lowest BCUT2D eigenvalue weighted by molar-refractivity contribution is -0.116. The fourth-order valence-electron chi connectivity index (χ4n) is 1.85. The van der Waals surface area contributed by atoms with Gasteiger partial charge in [0, 0.05) is 11.5 Å². The average molecular weight is 436 g/mol. The van der Waals surface area contributed by atoms with Crippen LogP contribution in [-0.2, 0) is 14.8 Å². The number of rotatable bonds is 5. The van der Waals surface area contributed by atoms with Crippen molar-refractivity contribution in [1.29, 1.82) is 0 Å². The van der Waals surface area contributed by atoms with Crippen molar-refractivity contribution in [2.45, 2.75) is 4.90 Å². The van der Waals surface area contributed by atoms with Crippen LogP contribution in [0.4, 0.5) is 10.1 Å². The quantitative estimate of drug-likeness (QED) is 0.782. The zero-order chi connectivity index (χ0) is 17.9. The Kier molecular flexibility index (Phi) is 5.97. The van der Waals surface area contributed by atoms with Gasteiger partial charge in [-0.05, 0) is 42.5 Å². The van der Waals surface area contributed by atoms with Gasteiger partial charge in [-0.3, -0.25) is 4.79 Å². The molecule has 1 N–H and O–H groups in total. The molecule has 0 unspecified atom stereocenters. The number of hydrogen-bond donors (Lipinski definition) is 1. The third-order valence-electron chi connectivity index (χ3n) is 3.09. The van der Waals surface area contributed by atoms with Crippen LogP contribution in [0.3, 0.4) is 0 Å². The number of anilines is 1. The molecule has 0 atom stereocenters. The summed E-state index contributed by atoms with van der Waals surface area (Å²) < 4.78 is 39.2. The lowest BCUT2D eigenvalue weighted by Gasteiger charge is -2.17. The predicted molar refractivity (Wildman–Crippen MR) is 94.0 cm³/mol. The molecule has 0 saturated heterocycles. The van der Waals surface area contributed by atoms with E-state index in [9.17, 15) is 17.6 Å². The minimum Gasteiger partial charge on any atom is -0.324 e. The van der Waals surface area contributed by atoms with E-state index in [1.165, 1.54) is 7.05 Å². The summed E-state index contributed by atoms with van der Waals surface area (Å²) >= 11 is 9.25. The van der Waals surface area contributed by atoms with Gasteiger partial charge in [0.2, 0.25) is 15.9 Å². The molecule has 0 aliphatic carbocycles. The maximum atomic E-state index is 12.9. The van der Waals surface area contributed by atoms with Gasteiger partial charge in [0.15, 0.2) is 0 Å². The fraction of sp³-hybridized carbons (Fsp3) is 0.133. The Bertz CT molecular complexity index is 860. The highest BCUT2D eigenvalue weighted by Gasteiger charge is 2.23. The molecule has 0 fully saturated rings. The second-order valence-corrected chi connectivity index (χ2v) is 8.26. The number of nitrogens with one attached hydrogen (secondary N) is 1. The molecule has 0 aliphatic heterocycles. The van der Waals surface area contributed by atoms with Crippen LogP contribution in [0.2, 0.25) is 5.02 Å². The van der Waals surface area contributed by atoms with Crippen molar-refractivity contribution in [2.24, 2.45) is 0 Å². The highest BCUT2D eigenvalue weighted by molar-refractivity contribution is 9.10. The number of benzene rings is 2. The van der Waals surface area contributed by atoms with Crippen molar-refractivity contribution < 1.29 is 17.6 Å². The van der Waals surface area contributed by atoms with Gasteiger partial charge in [0.05, 0.1) is 22.2 Å². The van der Waals surface area contributed by atoms with E-state index >= 15 is 0 Å². The van der Waals surface area contributed by atoms with Crippen molar-refractivity contribution in [3.63, 3.8) is 0 Å². The topological polar surface area (TPSA) is 66.5 Å². The van der Waals surface area contributed by atoms with Gasteiger partial charge in [-0.1, -0.05) is 27.5 Å². The monoisotopic (exact) mass is 434 g/mol. The fourth-order valence-corrected chi connectivity index (χ4v) is 3.70. The molecule has 0 aromatic heterocycles. The second-order valence-electron chi connectivity index (χ2n) is 4.89. The van der Waals surface area contributed by atoms with E-state index in [1.54, 1.807) is 18.2 Å². The summed E-state index contributed by atoms with van der Waals surface area (Å²) in [7, 11) is -2.63. The summed E-state index contributed by atoms with van der Waals surface area (Å²) in [4.78, 5) is 11.9. The summed E-state index contributed by atoms with van der Waals surface area (Å²) in [5.74, 6) is -1.09. The van der Waals surface area contributed by atoms with Crippen LogP contribution in [-0.4, -0.2) is 32.2 Å². The Morgan fingerprint density at radius 1 is 1.25 bits per heavy atom. The van der Waals surface area contributed by atoms with Gasteiger partial charge in [-0.25, -0.2) is 12.8 Å². The first-order chi connectivity index (χ1) is 11.2. The van der Waals surface area contributed by atoms with Crippen LogP contribution in [0.1, 0.15) is 0 Å². The molecule has 0 saturated carbocycles. The van der Waals surface area contributed by atoms with Crippen molar-refractivity contribution >= 4 is 49.1 Å². The van der Waals surface area contributed by atoms with E-state index in [-0.39, 0.29) is 4.90 Å². The Balaban J connectivity index is 2.09. The first-order valence-corrected chi connectivity index (χ1v) is 9.28. The number of likely N-dealkylation sites (N-methyl/N-ethyl adjacent to an activating group) is 1. The Morgan fingerprint density at radius 3 is 2.46 bits per heavy atom. The van der Waals surface area contributed by atoms with Gasteiger partial charge in [-0.15, -0.1) is 0 Å². The number of sulfonamides is 1. The van der Waals surface area contributed by atoms with E-state index < -0.39 is 28.3 Å². The summed E-state index contributed by atoms with van der Waals surface area (Å²) in [6.45, 7) is -0.411. The highest BCUT2D eigenvalue weighted by atomic mass is 79.9. The molecule has 2 aromatic carbocycles. The number of carbonyl (C=O) groups is 1. The van der Waals surface area contributed by atoms with Gasteiger partial charge in [-0.2, -0.15) is 4.31 Å². The standard InChI is InChI=1S/C15H13BrClFN2O3S/c1-20(24(22,23)12-5-3-11(18)4-6-12)9-15(21)19-14-7-2-10(16)8-13(14)17/h2-8H,9H2,1H3,(H,19,21). The van der Waals surface area contributed by atoms with Crippen LogP contribution in [0.25, 0.3) is 0 Å². The van der Waals surface area contributed by atoms with E-state index in [2.05, 4.69) is 21.2 Å². The Hall–Kier alpha value is -1.48. The lowest BCUT2D eigenvalue weighted by atomic mass is 10.3. The zero-order valence-corrected chi connectivity index (χ0v) is 15.6. The molecular weight excluding hydrogens is 423 g/mol. The number of hydrogen-bond acceptors (Lipinski definition) is 3. The van der Waals surface area contributed by atoms with Crippen LogP contribution in [0.5, 0.6) is 0 Å². The zero-order valence-electron chi connectivity index (χ0n) is 12.5. The van der Waals surface area contributed by atoms with Gasteiger partial charge in [0.1, 0.15) is 5.82 Å². The molecule has 24 heavy (non-hydrogen) atoms. The normalized spacial score (nSPS) is 11.5. The molecule has 0 aliphatic rings. The van der Waals surface area contributed by atoms with Crippen molar-refractivity contribution in [2.75, 3.05) is 18.9 Å². The third kappa shape index (κ3) is 4.54. The SMILES string of the molecule is CN(CC(=O)Nc1ccc(Br)cc1Cl)S(=O)(=O)c1ccc(F)cc1. The molecule has 0 heterocycles. The first kappa shape index (κ1) is 18.9. The Labute approximate surface area is 152 Å². The summed E-state index contributed by atoms with van der Waals surface area (Å²) in [6.07, 6.45) is 0. The van der Waals surface area contributed by atoms with Gasteiger partial charge >= 0.3 is 0 Å². The molecule has 1 amide bonds.